The molecule has 0 aliphatic rings. The minimum Gasteiger partial charge on any atom is -0.506 e. The number of phenols is 1. The molecule has 0 saturated carbocycles. The minimum atomic E-state index is -1.29. The van der Waals surface area contributed by atoms with Gasteiger partial charge in [-0.25, -0.2) is 4.79 Å². The summed E-state index contributed by atoms with van der Waals surface area (Å²) in [5, 5.41) is 10.1. The second kappa shape index (κ2) is 8.36. The zero-order chi connectivity index (χ0) is 19.4. The third-order valence-electron chi connectivity index (χ3n) is 3.22. The van der Waals surface area contributed by atoms with Crippen LogP contribution < -0.4 is 0 Å². The highest BCUT2D eigenvalue weighted by Gasteiger charge is 2.21. The van der Waals surface area contributed by atoms with Crippen molar-refractivity contribution in [3.63, 3.8) is 0 Å². The Hall–Kier alpha value is -1.34. The van der Waals surface area contributed by atoms with Crippen LogP contribution in [0.5, 0.6) is 5.75 Å². The quantitative estimate of drug-likeness (QED) is 0.529. The number of halogens is 1. The van der Waals surface area contributed by atoms with E-state index in [0.29, 0.717) is 22.2 Å². The molecule has 1 N–H and O–H groups in total. The van der Waals surface area contributed by atoms with Gasteiger partial charge in [-0.3, -0.25) is 4.79 Å². The predicted molar refractivity (Wildman–Crippen MR) is 104 cm³/mol. The molecule has 1 rings (SSSR count). The summed E-state index contributed by atoms with van der Waals surface area (Å²) in [6.07, 6.45) is -0.127. The summed E-state index contributed by atoms with van der Waals surface area (Å²) in [4.78, 5) is 24.2. The molecule has 0 radical (unpaired) electrons. The molecule has 25 heavy (non-hydrogen) atoms. The molecular weight excluding hydrogens is 404 g/mol. The van der Waals surface area contributed by atoms with Crippen LogP contribution >= 0.6 is 15.9 Å². The fourth-order valence-corrected chi connectivity index (χ4v) is 3.19. The summed E-state index contributed by atoms with van der Waals surface area (Å²) >= 11 is 3.21. The second-order valence-electron chi connectivity index (χ2n) is 8.18. The first-order valence-corrected chi connectivity index (χ1v) is 12.7. The van der Waals surface area contributed by atoms with Crippen LogP contribution in [0.15, 0.2) is 16.6 Å². The summed E-state index contributed by atoms with van der Waals surface area (Å²) in [5.41, 5.74) is -0.00305. The van der Waals surface area contributed by atoms with Gasteiger partial charge in [-0.15, -0.1) is 0 Å². The van der Waals surface area contributed by atoms with E-state index in [1.54, 1.807) is 20.8 Å². The van der Waals surface area contributed by atoms with Gasteiger partial charge in [0.25, 0.3) is 0 Å². The van der Waals surface area contributed by atoms with Crippen LogP contribution in [0.2, 0.25) is 25.7 Å². The average molecular weight is 431 g/mol. The van der Waals surface area contributed by atoms with Crippen molar-refractivity contribution in [2.45, 2.75) is 58.5 Å². The lowest BCUT2D eigenvalue weighted by Gasteiger charge is -2.20. The number of ether oxygens (including phenoxy) is 2. The van der Waals surface area contributed by atoms with E-state index < -0.39 is 25.6 Å². The van der Waals surface area contributed by atoms with E-state index in [9.17, 15) is 14.7 Å². The maximum Gasteiger partial charge on any atom is 0.338 e. The van der Waals surface area contributed by atoms with E-state index in [4.69, 9.17) is 9.47 Å². The highest BCUT2D eigenvalue weighted by atomic mass is 79.9. The van der Waals surface area contributed by atoms with Crippen molar-refractivity contribution < 1.29 is 24.2 Å². The molecular formula is C18H27BrO5Si. The molecule has 0 atom stereocenters. The molecule has 1 aromatic carbocycles. The van der Waals surface area contributed by atoms with Gasteiger partial charge in [-0.05, 0) is 54.9 Å². The lowest BCUT2D eigenvalue weighted by molar-refractivity contribution is -0.153. The number of rotatable bonds is 6. The molecule has 0 aliphatic carbocycles. The maximum absolute atomic E-state index is 12.2. The minimum absolute atomic E-state index is 0.0792. The Bertz CT molecular complexity index is 644. The summed E-state index contributed by atoms with van der Waals surface area (Å²) in [5.74, 6) is -1.02. The van der Waals surface area contributed by atoms with E-state index in [-0.39, 0.29) is 12.2 Å². The van der Waals surface area contributed by atoms with Crippen LogP contribution in [0.4, 0.5) is 0 Å². The Morgan fingerprint density at radius 3 is 2.32 bits per heavy atom. The molecule has 1 aromatic rings. The SMILES string of the molecule is CC(C)(C)OC(=O)Cc1cc(C(=O)OCC[Si](C)(C)C)cc(Br)c1O. The van der Waals surface area contributed by atoms with Gasteiger partial charge in [0.1, 0.15) is 11.4 Å². The number of aromatic hydroxyl groups is 1. The molecule has 0 bridgehead atoms. The van der Waals surface area contributed by atoms with E-state index >= 15 is 0 Å². The molecule has 0 spiro atoms. The van der Waals surface area contributed by atoms with Gasteiger partial charge in [0.05, 0.1) is 23.1 Å². The van der Waals surface area contributed by atoms with Crippen LogP contribution in [0.1, 0.15) is 36.7 Å². The molecule has 0 amide bonds. The van der Waals surface area contributed by atoms with Gasteiger partial charge in [-0.1, -0.05) is 19.6 Å². The van der Waals surface area contributed by atoms with Crippen molar-refractivity contribution in [2.75, 3.05) is 6.61 Å². The Labute approximate surface area is 158 Å². The first-order valence-electron chi connectivity index (χ1n) is 8.19. The zero-order valence-electron chi connectivity index (χ0n) is 15.7. The van der Waals surface area contributed by atoms with Crippen LogP contribution in [0.3, 0.4) is 0 Å². The van der Waals surface area contributed by atoms with Crippen molar-refractivity contribution in [2.24, 2.45) is 0 Å². The van der Waals surface area contributed by atoms with Crippen LogP contribution in [-0.4, -0.2) is 37.3 Å². The second-order valence-corrected chi connectivity index (χ2v) is 14.7. The van der Waals surface area contributed by atoms with Crippen LogP contribution in [0.25, 0.3) is 0 Å². The molecule has 7 heteroatoms. The van der Waals surface area contributed by atoms with E-state index in [1.165, 1.54) is 12.1 Å². The fraction of sp³-hybridized carbons (Fsp3) is 0.556. The molecule has 0 saturated heterocycles. The average Bonchev–Trinajstić information content (AvgIpc) is 2.39. The number of benzene rings is 1. The number of phenolic OH excluding ortho intramolecular Hbond substituents is 1. The summed E-state index contributed by atoms with van der Waals surface area (Å²) in [7, 11) is -1.29. The van der Waals surface area contributed by atoms with Crippen LogP contribution in [-0.2, 0) is 20.7 Å². The van der Waals surface area contributed by atoms with Gasteiger partial charge in [-0.2, -0.15) is 0 Å². The first kappa shape index (κ1) is 21.7. The fourth-order valence-electron chi connectivity index (χ4n) is 1.97. The topological polar surface area (TPSA) is 72.8 Å². The third-order valence-corrected chi connectivity index (χ3v) is 5.53. The Morgan fingerprint density at radius 1 is 1.20 bits per heavy atom. The molecule has 140 valence electrons. The standard InChI is InChI=1S/C18H27BrO5Si/c1-18(2,3)24-15(20)11-12-9-13(10-14(19)16(12)21)17(22)23-7-8-25(4,5)6/h9-10,21H,7-8,11H2,1-6H3. The lowest BCUT2D eigenvalue weighted by Crippen LogP contribution is -2.25. The van der Waals surface area contributed by atoms with Gasteiger partial charge >= 0.3 is 11.9 Å². The van der Waals surface area contributed by atoms with Gasteiger partial charge in [0.15, 0.2) is 0 Å². The first-order chi connectivity index (χ1) is 11.3. The van der Waals surface area contributed by atoms with Crippen molar-refractivity contribution in [1.29, 1.82) is 0 Å². The monoisotopic (exact) mass is 430 g/mol. The summed E-state index contributed by atoms with van der Waals surface area (Å²) < 4.78 is 10.9. The maximum atomic E-state index is 12.2. The van der Waals surface area contributed by atoms with Crippen molar-refractivity contribution in [1.82, 2.24) is 0 Å². The van der Waals surface area contributed by atoms with E-state index in [1.807, 2.05) is 0 Å². The zero-order valence-corrected chi connectivity index (χ0v) is 18.3. The molecule has 0 heterocycles. The number of hydrogen-bond donors (Lipinski definition) is 1. The molecule has 0 unspecified atom stereocenters. The number of carbonyl (C=O) groups is 2. The van der Waals surface area contributed by atoms with E-state index in [2.05, 4.69) is 35.6 Å². The van der Waals surface area contributed by atoms with Crippen LogP contribution in [0, 0.1) is 0 Å². The van der Waals surface area contributed by atoms with Gasteiger partial charge in [0.2, 0.25) is 0 Å². The summed E-state index contributed by atoms with van der Waals surface area (Å²) in [6.45, 7) is 12.3. The Balaban J connectivity index is 2.88. The van der Waals surface area contributed by atoms with Crippen molar-refractivity contribution >= 4 is 35.9 Å². The number of esters is 2. The largest absolute Gasteiger partial charge is 0.506 e. The summed E-state index contributed by atoms with van der Waals surface area (Å²) in [6, 6.07) is 3.84. The molecule has 0 fully saturated rings. The van der Waals surface area contributed by atoms with Crippen molar-refractivity contribution in [3.8, 4) is 5.75 Å². The van der Waals surface area contributed by atoms with Gasteiger partial charge in [0, 0.05) is 13.6 Å². The molecule has 0 aliphatic heterocycles. The van der Waals surface area contributed by atoms with Gasteiger partial charge < -0.3 is 14.6 Å². The third kappa shape index (κ3) is 8.05. The predicted octanol–water partition coefficient (Wildman–Crippen LogP) is 4.53. The lowest BCUT2D eigenvalue weighted by atomic mass is 10.1. The Morgan fingerprint density at radius 2 is 1.80 bits per heavy atom. The normalized spacial score (nSPS) is 12.0. The number of hydrogen-bond acceptors (Lipinski definition) is 5. The molecule has 5 nitrogen and oxygen atoms in total. The smallest absolute Gasteiger partial charge is 0.338 e. The van der Waals surface area contributed by atoms with E-state index in [0.717, 1.165) is 6.04 Å². The van der Waals surface area contributed by atoms with Crippen molar-refractivity contribution in [3.05, 3.63) is 27.7 Å². The highest BCUT2D eigenvalue weighted by Crippen LogP contribution is 2.30. The Kier molecular flexibility index (Phi) is 7.25. The number of carbonyl (C=O) groups excluding carboxylic acids is 2. The highest BCUT2D eigenvalue weighted by molar-refractivity contribution is 9.10. The molecule has 0 aromatic heterocycles.